The number of carbonyl (C=O) groups is 1. The van der Waals surface area contributed by atoms with E-state index in [2.05, 4.69) is 4.98 Å². The minimum absolute atomic E-state index is 0.326. The summed E-state index contributed by atoms with van der Waals surface area (Å²) in [6, 6.07) is 1.30. The Morgan fingerprint density at radius 1 is 1.23 bits per heavy atom. The van der Waals surface area contributed by atoms with Gasteiger partial charge in [0.15, 0.2) is 0 Å². The first-order chi connectivity index (χ1) is 10.00. The molecule has 0 aliphatic carbocycles. The van der Waals surface area contributed by atoms with Crippen LogP contribution in [0.2, 0.25) is 0 Å². The molecule has 0 bridgehead atoms. The number of hydrogen-bond acceptors (Lipinski definition) is 3. The van der Waals surface area contributed by atoms with Crippen LogP contribution >= 0.6 is 0 Å². The molecule has 10 heteroatoms. The molecule has 0 radical (unpaired) electrons. The van der Waals surface area contributed by atoms with Crippen LogP contribution in [0.4, 0.5) is 32.2 Å². The highest BCUT2D eigenvalue weighted by molar-refractivity contribution is 5.72. The van der Waals surface area contributed by atoms with Crippen LogP contribution in [0.25, 0.3) is 0 Å². The number of carboxylic acids is 1. The van der Waals surface area contributed by atoms with Crippen LogP contribution in [0, 0.1) is 11.8 Å². The molecule has 2 rings (SSSR count). The third-order valence-electron chi connectivity index (χ3n) is 3.45. The fourth-order valence-electron chi connectivity index (χ4n) is 2.34. The van der Waals surface area contributed by atoms with Gasteiger partial charge in [-0.1, -0.05) is 0 Å². The number of nitrogens with zero attached hydrogens (tertiary/aromatic N) is 2. The van der Waals surface area contributed by atoms with Crippen LogP contribution < -0.4 is 4.90 Å². The third kappa shape index (κ3) is 3.25. The average molecular weight is 328 g/mol. The first-order valence-corrected chi connectivity index (χ1v) is 6.08. The summed E-state index contributed by atoms with van der Waals surface area (Å²) in [5.74, 6) is -5.86. The lowest BCUT2D eigenvalue weighted by atomic mass is 9.96. The summed E-state index contributed by atoms with van der Waals surface area (Å²) in [5.41, 5.74) is -1.06. The summed E-state index contributed by atoms with van der Waals surface area (Å²) < 4.78 is 76.3. The minimum Gasteiger partial charge on any atom is -0.481 e. The Kier molecular flexibility index (Phi) is 3.96. The van der Waals surface area contributed by atoms with Crippen molar-refractivity contribution in [2.24, 2.45) is 11.8 Å². The number of aromatic nitrogens is 1. The standard InChI is InChI=1S/C12H10F6N2O2/c13-11(14,15)6-1-2-19-9(3-6)20-4-7(10(21)22)8(5-20)12(16,17)18/h1-3,7-8H,4-5H2,(H,21,22)/t7-,8-/m1/s1. The van der Waals surface area contributed by atoms with E-state index in [-0.39, 0.29) is 5.82 Å². The van der Waals surface area contributed by atoms with Crippen molar-refractivity contribution < 1.29 is 36.2 Å². The lowest BCUT2D eigenvalue weighted by Crippen LogP contribution is -2.33. The second kappa shape index (κ2) is 5.33. The van der Waals surface area contributed by atoms with Gasteiger partial charge >= 0.3 is 18.3 Å². The zero-order valence-corrected chi connectivity index (χ0v) is 10.8. The largest absolute Gasteiger partial charge is 0.481 e. The molecule has 1 aliphatic rings. The Bertz CT molecular complexity index is 571. The van der Waals surface area contributed by atoms with E-state index in [0.29, 0.717) is 12.1 Å². The van der Waals surface area contributed by atoms with Gasteiger partial charge in [-0.25, -0.2) is 4.98 Å². The number of anilines is 1. The molecule has 1 aromatic rings. The molecule has 1 aliphatic heterocycles. The SMILES string of the molecule is O=C(O)[C@@H]1CN(c2cc(C(F)(F)F)ccn2)C[C@H]1C(F)(F)F. The molecule has 2 atom stereocenters. The molecular formula is C12H10F6N2O2. The van der Waals surface area contributed by atoms with Gasteiger partial charge in [0, 0.05) is 19.3 Å². The minimum atomic E-state index is -4.75. The number of aliphatic carboxylic acids is 1. The van der Waals surface area contributed by atoms with Crippen LogP contribution in [-0.2, 0) is 11.0 Å². The quantitative estimate of drug-likeness (QED) is 0.848. The van der Waals surface area contributed by atoms with E-state index >= 15 is 0 Å². The molecule has 22 heavy (non-hydrogen) atoms. The second-order valence-corrected chi connectivity index (χ2v) is 4.90. The first-order valence-electron chi connectivity index (χ1n) is 6.08. The number of alkyl halides is 6. The maximum Gasteiger partial charge on any atom is 0.416 e. The molecule has 4 nitrogen and oxygen atoms in total. The predicted octanol–water partition coefficient (Wildman–Crippen LogP) is 2.80. The van der Waals surface area contributed by atoms with Gasteiger partial charge in [-0.3, -0.25) is 4.79 Å². The Morgan fingerprint density at radius 3 is 2.32 bits per heavy atom. The number of carboxylic acid groups (broad SMARTS) is 1. The Hall–Kier alpha value is -2.00. The van der Waals surface area contributed by atoms with Crippen molar-refractivity contribution >= 4 is 11.8 Å². The van der Waals surface area contributed by atoms with Crippen molar-refractivity contribution in [3.8, 4) is 0 Å². The van der Waals surface area contributed by atoms with Gasteiger partial charge in [-0.2, -0.15) is 26.3 Å². The Balaban J connectivity index is 2.30. The topological polar surface area (TPSA) is 53.4 Å². The maximum atomic E-state index is 12.8. The van der Waals surface area contributed by atoms with Crippen molar-refractivity contribution in [1.29, 1.82) is 0 Å². The highest BCUT2D eigenvalue weighted by Crippen LogP contribution is 2.39. The third-order valence-corrected chi connectivity index (χ3v) is 3.45. The molecule has 0 spiro atoms. The van der Waals surface area contributed by atoms with Gasteiger partial charge in [0.2, 0.25) is 0 Å². The van der Waals surface area contributed by atoms with E-state index in [0.717, 1.165) is 11.1 Å². The number of halogens is 6. The van der Waals surface area contributed by atoms with Gasteiger partial charge in [-0.15, -0.1) is 0 Å². The van der Waals surface area contributed by atoms with Crippen molar-refractivity contribution in [2.75, 3.05) is 18.0 Å². The van der Waals surface area contributed by atoms with Crippen LogP contribution in [0.3, 0.4) is 0 Å². The van der Waals surface area contributed by atoms with Crippen molar-refractivity contribution in [3.63, 3.8) is 0 Å². The van der Waals surface area contributed by atoms with Gasteiger partial charge in [0.05, 0.1) is 17.4 Å². The Labute approximate surface area is 120 Å². The van der Waals surface area contributed by atoms with Gasteiger partial charge in [-0.05, 0) is 12.1 Å². The van der Waals surface area contributed by atoms with Crippen molar-refractivity contribution in [1.82, 2.24) is 4.98 Å². The molecule has 122 valence electrons. The smallest absolute Gasteiger partial charge is 0.416 e. The summed E-state index contributed by atoms with van der Waals surface area (Å²) in [4.78, 5) is 15.5. The Morgan fingerprint density at radius 2 is 1.86 bits per heavy atom. The fraction of sp³-hybridized carbons (Fsp3) is 0.500. The molecule has 0 saturated carbocycles. The average Bonchev–Trinajstić information content (AvgIpc) is 2.83. The van der Waals surface area contributed by atoms with Crippen molar-refractivity contribution in [2.45, 2.75) is 12.4 Å². The van der Waals surface area contributed by atoms with Crippen LogP contribution in [0.5, 0.6) is 0 Å². The number of pyridine rings is 1. The highest BCUT2D eigenvalue weighted by atomic mass is 19.4. The molecule has 2 heterocycles. The fourth-order valence-corrected chi connectivity index (χ4v) is 2.34. The lowest BCUT2D eigenvalue weighted by Gasteiger charge is -2.19. The van der Waals surface area contributed by atoms with Crippen LogP contribution in [0.1, 0.15) is 5.56 Å². The highest BCUT2D eigenvalue weighted by Gasteiger charge is 2.53. The first kappa shape index (κ1) is 16.4. The maximum absolute atomic E-state index is 12.8. The molecule has 1 aromatic heterocycles. The number of rotatable bonds is 2. The van der Waals surface area contributed by atoms with E-state index in [1.165, 1.54) is 0 Å². The molecule has 1 N–H and O–H groups in total. The van der Waals surface area contributed by atoms with Gasteiger partial charge < -0.3 is 10.0 Å². The van der Waals surface area contributed by atoms with Gasteiger partial charge in [0.1, 0.15) is 5.82 Å². The molecule has 1 saturated heterocycles. The number of hydrogen-bond donors (Lipinski definition) is 1. The second-order valence-electron chi connectivity index (χ2n) is 4.90. The molecular weight excluding hydrogens is 318 g/mol. The zero-order chi connectivity index (χ0) is 16.7. The van der Waals surface area contributed by atoms with E-state index in [9.17, 15) is 31.1 Å². The van der Waals surface area contributed by atoms with E-state index < -0.39 is 48.8 Å². The van der Waals surface area contributed by atoms with E-state index in [1.54, 1.807) is 0 Å². The normalized spacial score (nSPS) is 22.9. The summed E-state index contributed by atoms with van der Waals surface area (Å²) in [5, 5.41) is 8.87. The van der Waals surface area contributed by atoms with E-state index in [1.807, 2.05) is 0 Å². The summed E-state index contributed by atoms with van der Waals surface area (Å²) in [6.07, 6.45) is -8.58. The van der Waals surface area contributed by atoms with Gasteiger partial charge in [0.25, 0.3) is 0 Å². The molecule has 0 unspecified atom stereocenters. The van der Waals surface area contributed by atoms with E-state index in [4.69, 9.17) is 5.11 Å². The lowest BCUT2D eigenvalue weighted by molar-refractivity contribution is -0.187. The predicted molar refractivity (Wildman–Crippen MR) is 62.1 cm³/mol. The monoisotopic (exact) mass is 328 g/mol. The summed E-state index contributed by atoms with van der Waals surface area (Å²) in [6.45, 7) is -1.29. The molecule has 0 amide bonds. The summed E-state index contributed by atoms with van der Waals surface area (Å²) >= 11 is 0. The van der Waals surface area contributed by atoms with Crippen molar-refractivity contribution in [3.05, 3.63) is 23.9 Å². The summed E-state index contributed by atoms with van der Waals surface area (Å²) in [7, 11) is 0. The van der Waals surface area contributed by atoms with Crippen LogP contribution in [-0.4, -0.2) is 35.3 Å². The van der Waals surface area contributed by atoms with Crippen LogP contribution in [0.15, 0.2) is 18.3 Å². The molecule has 1 fully saturated rings. The molecule has 0 aromatic carbocycles. The zero-order valence-electron chi connectivity index (χ0n) is 10.8.